The Labute approximate surface area is 134 Å². The van der Waals surface area contributed by atoms with Crippen molar-refractivity contribution < 1.29 is 13.3 Å². The summed E-state index contributed by atoms with van der Waals surface area (Å²) < 4.78 is 29.5. The lowest BCUT2D eigenvalue weighted by molar-refractivity contribution is -0.385. The lowest BCUT2D eigenvalue weighted by atomic mass is 10.2. The van der Waals surface area contributed by atoms with Gasteiger partial charge in [0.05, 0.1) is 15.9 Å². The minimum absolute atomic E-state index is 0.00134. The molecule has 0 saturated heterocycles. The van der Waals surface area contributed by atoms with Crippen LogP contribution in [0.2, 0.25) is 0 Å². The van der Waals surface area contributed by atoms with Crippen molar-refractivity contribution >= 4 is 15.7 Å². The molecule has 0 radical (unpaired) electrons. The second kappa shape index (κ2) is 5.47. The van der Waals surface area contributed by atoms with E-state index >= 15 is 0 Å². The fourth-order valence-corrected chi connectivity index (χ4v) is 4.84. The summed E-state index contributed by atoms with van der Waals surface area (Å²) in [6, 6.07) is 7.40. The second-order valence-electron chi connectivity index (χ2n) is 5.63. The lowest BCUT2D eigenvalue weighted by Gasteiger charge is -2.34. The van der Waals surface area contributed by atoms with Crippen LogP contribution in [0.5, 0.6) is 0 Å². The van der Waals surface area contributed by atoms with E-state index in [0.717, 1.165) is 11.8 Å². The summed E-state index contributed by atoms with van der Waals surface area (Å²) in [4.78, 5) is 10.4. The van der Waals surface area contributed by atoms with Crippen LogP contribution < -0.4 is 0 Å². The number of sulfonamides is 1. The molecule has 3 rings (SSSR count). The van der Waals surface area contributed by atoms with E-state index in [2.05, 4.69) is 0 Å². The normalized spacial score (nSPS) is 18.6. The van der Waals surface area contributed by atoms with Gasteiger partial charge < -0.3 is 4.57 Å². The maximum absolute atomic E-state index is 13.0. The molecule has 0 saturated carbocycles. The Hall–Kier alpha value is -2.19. The lowest BCUT2D eigenvalue weighted by Crippen LogP contribution is -2.40. The van der Waals surface area contributed by atoms with E-state index < -0.39 is 14.9 Å². The first-order chi connectivity index (χ1) is 10.8. The van der Waals surface area contributed by atoms with E-state index in [9.17, 15) is 18.5 Å². The van der Waals surface area contributed by atoms with Crippen LogP contribution in [0.15, 0.2) is 41.4 Å². The van der Waals surface area contributed by atoms with Crippen molar-refractivity contribution in [1.29, 1.82) is 0 Å². The molecule has 1 atom stereocenters. The molecule has 2 aromatic rings. The molecule has 1 aliphatic heterocycles. The minimum Gasteiger partial charge on any atom is -0.349 e. The summed E-state index contributed by atoms with van der Waals surface area (Å²) in [6.07, 6.45) is 1.93. The standard InChI is InChI=1S/C15H17N3O4S/c1-11-5-6-13(18(19)20)10-15(11)23(21,22)17-9-8-16-7-3-4-14(16)12(17)2/h3-7,10,12H,8-9H2,1-2H3/t12-/m0/s1. The molecule has 0 amide bonds. The molecule has 1 aromatic heterocycles. The van der Waals surface area contributed by atoms with Gasteiger partial charge in [0.25, 0.3) is 5.69 Å². The SMILES string of the molecule is Cc1ccc([N+](=O)[O-])cc1S(=O)(=O)N1CCn2cccc2[C@@H]1C. The quantitative estimate of drug-likeness (QED) is 0.637. The van der Waals surface area contributed by atoms with Gasteiger partial charge in [0.15, 0.2) is 0 Å². The van der Waals surface area contributed by atoms with E-state index in [0.29, 0.717) is 18.7 Å². The number of benzene rings is 1. The number of fused-ring (bicyclic) bond motifs is 1. The van der Waals surface area contributed by atoms with Gasteiger partial charge in [0.1, 0.15) is 0 Å². The average Bonchev–Trinajstić information content (AvgIpc) is 2.96. The third kappa shape index (κ3) is 2.53. The van der Waals surface area contributed by atoms with Crippen LogP contribution in [0.25, 0.3) is 0 Å². The van der Waals surface area contributed by atoms with E-state index in [1.807, 2.05) is 29.8 Å². The zero-order chi connectivity index (χ0) is 16.8. The predicted octanol–water partition coefficient (Wildman–Crippen LogP) is 2.47. The Bertz CT molecular complexity index is 873. The second-order valence-corrected chi connectivity index (χ2v) is 7.48. The van der Waals surface area contributed by atoms with E-state index in [-0.39, 0.29) is 16.6 Å². The summed E-state index contributed by atoms with van der Waals surface area (Å²) >= 11 is 0. The minimum atomic E-state index is -3.80. The molecule has 0 fully saturated rings. The summed E-state index contributed by atoms with van der Waals surface area (Å²) in [5.74, 6) is 0. The van der Waals surface area contributed by atoms with Gasteiger partial charge in [-0.25, -0.2) is 8.42 Å². The van der Waals surface area contributed by atoms with Gasteiger partial charge in [-0.05, 0) is 31.5 Å². The van der Waals surface area contributed by atoms with Crippen molar-refractivity contribution in [2.75, 3.05) is 6.54 Å². The molecule has 0 spiro atoms. The molecule has 0 bridgehead atoms. The first-order valence-electron chi connectivity index (χ1n) is 7.24. The highest BCUT2D eigenvalue weighted by atomic mass is 32.2. The Morgan fingerprint density at radius 3 is 2.70 bits per heavy atom. The number of aromatic nitrogens is 1. The highest BCUT2D eigenvalue weighted by molar-refractivity contribution is 7.89. The number of nitro groups is 1. The smallest absolute Gasteiger partial charge is 0.270 e. The zero-order valence-corrected chi connectivity index (χ0v) is 13.7. The molecule has 7 nitrogen and oxygen atoms in total. The molecular weight excluding hydrogens is 318 g/mol. The van der Waals surface area contributed by atoms with Gasteiger partial charge >= 0.3 is 0 Å². The van der Waals surface area contributed by atoms with Crippen molar-refractivity contribution in [3.63, 3.8) is 0 Å². The monoisotopic (exact) mass is 335 g/mol. The Balaban J connectivity index is 2.06. The first-order valence-corrected chi connectivity index (χ1v) is 8.68. The highest BCUT2D eigenvalue weighted by Crippen LogP contribution is 2.33. The Kier molecular flexibility index (Phi) is 3.73. The van der Waals surface area contributed by atoms with Crippen LogP contribution in [-0.4, -0.2) is 28.8 Å². The Morgan fingerprint density at radius 2 is 2.00 bits per heavy atom. The average molecular weight is 335 g/mol. The van der Waals surface area contributed by atoms with Gasteiger partial charge in [-0.1, -0.05) is 6.07 Å². The zero-order valence-electron chi connectivity index (χ0n) is 12.8. The number of rotatable bonds is 3. The summed E-state index contributed by atoms with van der Waals surface area (Å²) in [7, 11) is -3.80. The van der Waals surface area contributed by atoms with Gasteiger partial charge in [-0.15, -0.1) is 0 Å². The van der Waals surface area contributed by atoms with Crippen LogP contribution in [0.3, 0.4) is 0 Å². The third-order valence-electron chi connectivity index (χ3n) is 4.26. The molecule has 2 heterocycles. The molecule has 8 heteroatoms. The van der Waals surface area contributed by atoms with Gasteiger partial charge in [-0.2, -0.15) is 4.31 Å². The molecule has 0 unspecified atom stereocenters. The number of aryl methyl sites for hydroxylation is 1. The fraction of sp³-hybridized carbons (Fsp3) is 0.333. The fourth-order valence-electron chi connectivity index (χ4n) is 2.99. The Morgan fingerprint density at radius 1 is 1.26 bits per heavy atom. The summed E-state index contributed by atoms with van der Waals surface area (Å²) in [5.41, 5.74) is 1.20. The van der Waals surface area contributed by atoms with Crippen molar-refractivity contribution in [3.05, 3.63) is 57.9 Å². The van der Waals surface area contributed by atoms with Crippen LogP contribution in [0, 0.1) is 17.0 Å². The predicted molar refractivity (Wildman–Crippen MR) is 84.6 cm³/mol. The highest BCUT2D eigenvalue weighted by Gasteiger charge is 2.35. The molecule has 1 aliphatic rings. The summed E-state index contributed by atoms with van der Waals surface area (Å²) in [5, 5.41) is 11.0. The molecule has 122 valence electrons. The molecule has 1 aromatic carbocycles. The molecule has 0 aliphatic carbocycles. The van der Waals surface area contributed by atoms with E-state index in [4.69, 9.17) is 0 Å². The summed E-state index contributed by atoms with van der Waals surface area (Å²) in [6.45, 7) is 4.39. The first kappa shape index (κ1) is 15.7. The largest absolute Gasteiger partial charge is 0.349 e. The van der Waals surface area contributed by atoms with Crippen molar-refractivity contribution in [2.45, 2.75) is 31.3 Å². The number of nitrogens with zero attached hydrogens (tertiary/aromatic N) is 3. The number of nitro benzene ring substituents is 1. The van der Waals surface area contributed by atoms with Crippen LogP contribution in [0.1, 0.15) is 24.2 Å². The number of hydrogen-bond acceptors (Lipinski definition) is 4. The molecular formula is C15H17N3O4S. The molecule has 23 heavy (non-hydrogen) atoms. The van der Waals surface area contributed by atoms with Crippen molar-refractivity contribution in [1.82, 2.24) is 8.87 Å². The maximum Gasteiger partial charge on any atom is 0.270 e. The van der Waals surface area contributed by atoms with Gasteiger partial charge in [-0.3, -0.25) is 10.1 Å². The topological polar surface area (TPSA) is 85.4 Å². The van der Waals surface area contributed by atoms with E-state index in [1.165, 1.54) is 16.4 Å². The number of hydrogen-bond donors (Lipinski definition) is 0. The van der Waals surface area contributed by atoms with E-state index in [1.54, 1.807) is 6.92 Å². The van der Waals surface area contributed by atoms with Gasteiger partial charge in [0.2, 0.25) is 10.0 Å². The van der Waals surface area contributed by atoms with Crippen molar-refractivity contribution in [3.8, 4) is 0 Å². The van der Waals surface area contributed by atoms with Crippen LogP contribution >= 0.6 is 0 Å². The van der Waals surface area contributed by atoms with Crippen molar-refractivity contribution in [2.24, 2.45) is 0 Å². The van der Waals surface area contributed by atoms with Crippen LogP contribution in [-0.2, 0) is 16.6 Å². The van der Waals surface area contributed by atoms with Gasteiger partial charge in [0, 0.05) is 37.1 Å². The maximum atomic E-state index is 13.0. The number of non-ortho nitro benzene ring substituents is 1. The third-order valence-corrected chi connectivity index (χ3v) is 6.37. The van der Waals surface area contributed by atoms with Crippen LogP contribution in [0.4, 0.5) is 5.69 Å². The molecule has 0 N–H and O–H groups in total.